The highest BCUT2D eigenvalue weighted by Crippen LogP contribution is 2.19. The van der Waals surface area contributed by atoms with E-state index in [0.29, 0.717) is 5.69 Å². The summed E-state index contributed by atoms with van der Waals surface area (Å²) >= 11 is 0. The van der Waals surface area contributed by atoms with Crippen LogP contribution < -0.4 is 5.73 Å². The number of halogens is 3. The molecule has 1 amide bonds. The first-order chi connectivity index (χ1) is 7.29. The summed E-state index contributed by atoms with van der Waals surface area (Å²) in [7, 11) is 1.31. The molecule has 0 atom stereocenters. The number of nitrogens with two attached hydrogens (primary N) is 1. The van der Waals surface area contributed by atoms with Gasteiger partial charge in [0.2, 0.25) is 0 Å². The summed E-state index contributed by atoms with van der Waals surface area (Å²) in [6.07, 6.45) is -3.88. The van der Waals surface area contributed by atoms with Crippen molar-refractivity contribution in [2.45, 2.75) is 12.6 Å². The van der Waals surface area contributed by atoms with Crippen LogP contribution in [0.15, 0.2) is 12.3 Å². The Labute approximate surface area is 90.2 Å². The Hall–Kier alpha value is -1.66. The number of hydrogen-bond acceptors (Lipinski definition) is 2. The van der Waals surface area contributed by atoms with Crippen molar-refractivity contribution in [3.63, 3.8) is 0 Å². The SMILES string of the molecule is CN(CCC(F)(F)F)C(=O)c1cc(N)c[nH]1. The Kier molecular flexibility index (Phi) is 3.46. The summed E-state index contributed by atoms with van der Waals surface area (Å²) in [5.41, 5.74) is 5.93. The maximum absolute atomic E-state index is 11.9. The number of nitrogens with zero attached hydrogens (tertiary/aromatic N) is 1. The van der Waals surface area contributed by atoms with Crippen LogP contribution in [0.25, 0.3) is 0 Å². The van der Waals surface area contributed by atoms with E-state index in [1.165, 1.54) is 19.3 Å². The van der Waals surface area contributed by atoms with Gasteiger partial charge in [0.25, 0.3) is 5.91 Å². The number of H-pyrrole nitrogens is 1. The maximum atomic E-state index is 11.9. The summed E-state index contributed by atoms with van der Waals surface area (Å²) in [6, 6.07) is 1.38. The number of amides is 1. The highest BCUT2D eigenvalue weighted by Gasteiger charge is 2.28. The molecule has 1 aromatic rings. The number of carbonyl (C=O) groups excluding carboxylic acids is 1. The lowest BCUT2D eigenvalue weighted by Crippen LogP contribution is -2.30. The van der Waals surface area contributed by atoms with Gasteiger partial charge in [0.1, 0.15) is 5.69 Å². The van der Waals surface area contributed by atoms with E-state index in [1.807, 2.05) is 0 Å². The zero-order valence-corrected chi connectivity index (χ0v) is 8.64. The molecule has 3 N–H and O–H groups in total. The Bertz CT molecular complexity index is 372. The minimum atomic E-state index is -4.26. The first kappa shape index (κ1) is 12.4. The zero-order chi connectivity index (χ0) is 12.3. The summed E-state index contributed by atoms with van der Waals surface area (Å²) in [6.45, 7) is -0.374. The van der Waals surface area contributed by atoms with Gasteiger partial charge in [-0.2, -0.15) is 13.2 Å². The fourth-order valence-corrected chi connectivity index (χ4v) is 1.14. The van der Waals surface area contributed by atoms with Crippen LogP contribution in [-0.4, -0.2) is 35.6 Å². The second kappa shape index (κ2) is 4.46. The van der Waals surface area contributed by atoms with Crippen molar-refractivity contribution < 1.29 is 18.0 Å². The van der Waals surface area contributed by atoms with Gasteiger partial charge in [-0.1, -0.05) is 0 Å². The summed E-state index contributed by atoms with van der Waals surface area (Å²) in [4.78, 5) is 15.1. The second-order valence-electron chi connectivity index (χ2n) is 3.44. The lowest BCUT2D eigenvalue weighted by Gasteiger charge is -2.17. The van der Waals surface area contributed by atoms with Gasteiger partial charge in [0.05, 0.1) is 6.42 Å². The van der Waals surface area contributed by atoms with Crippen molar-refractivity contribution in [2.75, 3.05) is 19.3 Å². The normalized spacial score (nSPS) is 11.5. The van der Waals surface area contributed by atoms with Gasteiger partial charge in [-0.15, -0.1) is 0 Å². The first-order valence-corrected chi connectivity index (χ1v) is 4.56. The van der Waals surface area contributed by atoms with Crippen molar-refractivity contribution in [1.82, 2.24) is 9.88 Å². The van der Waals surface area contributed by atoms with Gasteiger partial charge in [-0.05, 0) is 6.07 Å². The van der Waals surface area contributed by atoms with Gasteiger partial charge < -0.3 is 15.6 Å². The van der Waals surface area contributed by atoms with Gasteiger partial charge >= 0.3 is 6.18 Å². The lowest BCUT2D eigenvalue weighted by atomic mass is 10.3. The summed E-state index contributed by atoms with van der Waals surface area (Å²) in [5, 5.41) is 0. The third-order valence-electron chi connectivity index (χ3n) is 2.01. The quantitative estimate of drug-likeness (QED) is 0.836. The van der Waals surface area contributed by atoms with Crippen LogP contribution >= 0.6 is 0 Å². The molecule has 0 aliphatic rings. The third-order valence-corrected chi connectivity index (χ3v) is 2.01. The number of nitrogen functional groups attached to an aromatic ring is 1. The maximum Gasteiger partial charge on any atom is 0.390 e. The molecule has 0 saturated heterocycles. The Morgan fingerprint density at radius 1 is 1.56 bits per heavy atom. The Morgan fingerprint density at radius 3 is 2.62 bits per heavy atom. The number of rotatable bonds is 3. The number of aromatic amines is 1. The largest absolute Gasteiger partial charge is 0.397 e. The van der Waals surface area contributed by atoms with E-state index in [1.54, 1.807) is 0 Å². The highest BCUT2D eigenvalue weighted by atomic mass is 19.4. The summed E-state index contributed by atoms with van der Waals surface area (Å²) in [5.74, 6) is -0.513. The molecule has 0 aliphatic heterocycles. The number of alkyl halides is 3. The fraction of sp³-hybridized carbons (Fsp3) is 0.444. The van der Waals surface area contributed by atoms with E-state index in [4.69, 9.17) is 5.73 Å². The molecule has 1 rings (SSSR count). The van der Waals surface area contributed by atoms with E-state index >= 15 is 0 Å². The lowest BCUT2D eigenvalue weighted by molar-refractivity contribution is -0.136. The monoisotopic (exact) mass is 235 g/mol. The molecule has 0 fully saturated rings. The first-order valence-electron chi connectivity index (χ1n) is 4.56. The van der Waals surface area contributed by atoms with E-state index in [0.717, 1.165) is 4.90 Å². The average molecular weight is 235 g/mol. The molecule has 1 heterocycles. The van der Waals surface area contributed by atoms with Crippen molar-refractivity contribution in [3.8, 4) is 0 Å². The predicted octanol–water partition coefficient (Wildman–Crippen LogP) is 1.62. The van der Waals surface area contributed by atoms with Crippen molar-refractivity contribution in [1.29, 1.82) is 0 Å². The molecule has 0 radical (unpaired) electrons. The third kappa shape index (κ3) is 3.48. The smallest absolute Gasteiger partial charge is 0.390 e. The molecule has 0 unspecified atom stereocenters. The molecular weight excluding hydrogens is 223 g/mol. The van der Waals surface area contributed by atoms with Crippen LogP contribution in [0.4, 0.5) is 18.9 Å². The van der Waals surface area contributed by atoms with E-state index in [-0.39, 0.29) is 12.2 Å². The van der Waals surface area contributed by atoms with Crippen LogP contribution in [0.1, 0.15) is 16.9 Å². The van der Waals surface area contributed by atoms with Crippen LogP contribution in [0.2, 0.25) is 0 Å². The number of aromatic nitrogens is 1. The molecule has 0 saturated carbocycles. The van der Waals surface area contributed by atoms with Crippen LogP contribution in [-0.2, 0) is 0 Å². The molecule has 0 aliphatic carbocycles. The molecule has 16 heavy (non-hydrogen) atoms. The van der Waals surface area contributed by atoms with Crippen LogP contribution in [0, 0.1) is 0 Å². The number of carbonyl (C=O) groups is 1. The van der Waals surface area contributed by atoms with Crippen molar-refractivity contribution in [2.24, 2.45) is 0 Å². The molecule has 7 heteroatoms. The number of nitrogens with one attached hydrogen (secondary N) is 1. The minimum Gasteiger partial charge on any atom is -0.397 e. The molecular formula is C9H12F3N3O. The Balaban J connectivity index is 2.55. The van der Waals surface area contributed by atoms with Crippen LogP contribution in [0.5, 0.6) is 0 Å². The second-order valence-corrected chi connectivity index (χ2v) is 3.44. The molecule has 4 nitrogen and oxygen atoms in total. The zero-order valence-electron chi connectivity index (χ0n) is 8.64. The average Bonchev–Trinajstić information content (AvgIpc) is 2.59. The van der Waals surface area contributed by atoms with Crippen molar-refractivity contribution in [3.05, 3.63) is 18.0 Å². The van der Waals surface area contributed by atoms with Crippen LogP contribution in [0.3, 0.4) is 0 Å². The molecule has 0 spiro atoms. The fourth-order valence-electron chi connectivity index (χ4n) is 1.14. The van der Waals surface area contributed by atoms with Gasteiger partial charge in [-0.3, -0.25) is 4.79 Å². The number of hydrogen-bond donors (Lipinski definition) is 2. The number of anilines is 1. The van der Waals surface area contributed by atoms with E-state index in [2.05, 4.69) is 4.98 Å². The highest BCUT2D eigenvalue weighted by molar-refractivity contribution is 5.93. The van der Waals surface area contributed by atoms with E-state index < -0.39 is 18.5 Å². The van der Waals surface area contributed by atoms with Gasteiger partial charge in [0.15, 0.2) is 0 Å². The predicted molar refractivity (Wildman–Crippen MR) is 52.8 cm³/mol. The molecule has 90 valence electrons. The van der Waals surface area contributed by atoms with Gasteiger partial charge in [-0.25, -0.2) is 0 Å². The standard InChI is InChI=1S/C9H12F3N3O/c1-15(3-2-9(10,11)12)8(16)7-4-6(13)5-14-7/h4-5,14H,2-3,13H2,1H3. The van der Waals surface area contributed by atoms with E-state index in [9.17, 15) is 18.0 Å². The minimum absolute atomic E-state index is 0.183. The topological polar surface area (TPSA) is 62.1 Å². The molecule has 0 bridgehead atoms. The van der Waals surface area contributed by atoms with Gasteiger partial charge in [0, 0.05) is 25.5 Å². The van der Waals surface area contributed by atoms with Crippen molar-refractivity contribution >= 4 is 11.6 Å². The Morgan fingerprint density at radius 2 is 2.19 bits per heavy atom. The summed E-state index contributed by atoms with van der Waals surface area (Å²) < 4.78 is 35.8. The molecule has 0 aromatic carbocycles. The molecule has 1 aromatic heterocycles.